The Morgan fingerprint density at radius 2 is 1.43 bits per heavy atom. The van der Waals surface area contributed by atoms with Gasteiger partial charge in [-0.05, 0) is 54.4 Å². The van der Waals surface area contributed by atoms with Crippen LogP contribution in [0.2, 0.25) is 0 Å². The number of fused-ring (bicyclic) bond motifs is 5. The molecular weight excluding hydrogens is 172 g/mol. The standard InChI is InChI=1S/C12H16N2/c13-11-5-9-7-2-1-3-8(4-7)10(9)6-12(11)14/h5-8H,1-4,13-14H2/t7-,8?/m0/s1. The van der Waals surface area contributed by atoms with Gasteiger partial charge in [0.05, 0.1) is 11.4 Å². The molecule has 2 nitrogen and oxygen atoms in total. The molecule has 3 rings (SSSR count). The molecule has 1 unspecified atom stereocenters. The van der Waals surface area contributed by atoms with Gasteiger partial charge in [0.2, 0.25) is 0 Å². The zero-order valence-corrected chi connectivity index (χ0v) is 8.29. The second-order valence-electron chi connectivity index (χ2n) is 4.67. The van der Waals surface area contributed by atoms with E-state index in [0.717, 1.165) is 23.2 Å². The third-order valence-corrected chi connectivity index (χ3v) is 3.84. The predicted octanol–water partition coefficient (Wildman–Crippen LogP) is 2.61. The number of hydrogen-bond acceptors (Lipinski definition) is 2. The first-order valence-corrected chi connectivity index (χ1v) is 5.44. The van der Waals surface area contributed by atoms with Crippen LogP contribution < -0.4 is 11.5 Å². The molecule has 4 N–H and O–H groups in total. The minimum absolute atomic E-state index is 0.760. The van der Waals surface area contributed by atoms with Crippen LogP contribution in [0.4, 0.5) is 11.4 Å². The summed E-state index contributed by atoms with van der Waals surface area (Å²) in [5.74, 6) is 1.54. The Morgan fingerprint density at radius 3 is 1.93 bits per heavy atom. The van der Waals surface area contributed by atoms with Gasteiger partial charge in [-0.25, -0.2) is 0 Å². The Hall–Kier alpha value is -1.18. The van der Waals surface area contributed by atoms with Gasteiger partial charge in [0.25, 0.3) is 0 Å². The Balaban J connectivity index is 2.17. The van der Waals surface area contributed by atoms with Crippen LogP contribution in [0.5, 0.6) is 0 Å². The van der Waals surface area contributed by atoms with Crippen LogP contribution in [-0.4, -0.2) is 0 Å². The lowest BCUT2D eigenvalue weighted by molar-refractivity contribution is 0.435. The molecule has 74 valence electrons. The van der Waals surface area contributed by atoms with Crippen molar-refractivity contribution in [2.24, 2.45) is 0 Å². The number of nitrogen functional groups attached to an aromatic ring is 2. The van der Waals surface area contributed by atoms with Crippen LogP contribution in [0, 0.1) is 0 Å². The van der Waals surface area contributed by atoms with Gasteiger partial charge in [-0.2, -0.15) is 0 Å². The average molecular weight is 188 g/mol. The minimum Gasteiger partial charge on any atom is -0.397 e. The third-order valence-electron chi connectivity index (χ3n) is 3.84. The van der Waals surface area contributed by atoms with E-state index >= 15 is 0 Å². The van der Waals surface area contributed by atoms with Crippen molar-refractivity contribution < 1.29 is 0 Å². The van der Waals surface area contributed by atoms with Crippen LogP contribution in [0.25, 0.3) is 0 Å². The van der Waals surface area contributed by atoms with E-state index in [1.807, 2.05) is 0 Å². The number of benzene rings is 1. The highest BCUT2D eigenvalue weighted by atomic mass is 14.7. The lowest BCUT2D eigenvalue weighted by atomic mass is 9.87. The van der Waals surface area contributed by atoms with Crippen LogP contribution in [0.3, 0.4) is 0 Å². The molecule has 2 atom stereocenters. The van der Waals surface area contributed by atoms with E-state index in [1.54, 1.807) is 0 Å². The van der Waals surface area contributed by atoms with Crippen LogP contribution in [0.1, 0.15) is 48.6 Å². The summed E-state index contributed by atoms with van der Waals surface area (Å²) in [6.45, 7) is 0. The van der Waals surface area contributed by atoms with E-state index in [1.165, 1.54) is 36.8 Å². The maximum absolute atomic E-state index is 5.85. The highest BCUT2D eigenvalue weighted by Gasteiger charge is 2.34. The van der Waals surface area contributed by atoms with Crippen molar-refractivity contribution in [1.29, 1.82) is 0 Å². The SMILES string of the molecule is Nc1cc2c(cc1N)[C@H]1CCCC2C1. The van der Waals surface area contributed by atoms with E-state index < -0.39 is 0 Å². The van der Waals surface area contributed by atoms with Gasteiger partial charge in [0.1, 0.15) is 0 Å². The summed E-state index contributed by atoms with van der Waals surface area (Å²) < 4.78 is 0. The van der Waals surface area contributed by atoms with Crippen molar-refractivity contribution in [2.45, 2.75) is 37.5 Å². The number of anilines is 2. The van der Waals surface area contributed by atoms with E-state index in [9.17, 15) is 0 Å². The first-order valence-electron chi connectivity index (χ1n) is 5.44. The van der Waals surface area contributed by atoms with Gasteiger partial charge in [0.15, 0.2) is 0 Å². The molecule has 0 heterocycles. The zero-order valence-electron chi connectivity index (χ0n) is 8.29. The molecule has 2 heteroatoms. The highest BCUT2D eigenvalue weighted by Crippen LogP contribution is 2.51. The fourth-order valence-corrected chi connectivity index (χ4v) is 3.13. The fraction of sp³-hybridized carbons (Fsp3) is 0.500. The molecule has 0 saturated heterocycles. The molecule has 0 radical (unpaired) electrons. The molecule has 14 heavy (non-hydrogen) atoms. The molecule has 2 aliphatic rings. The first-order chi connectivity index (χ1) is 6.75. The minimum atomic E-state index is 0.760. The maximum atomic E-state index is 5.85. The second-order valence-corrected chi connectivity index (χ2v) is 4.67. The average Bonchev–Trinajstić information content (AvgIpc) is 2.42. The van der Waals surface area contributed by atoms with E-state index in [2.05, 4.69) is 12.1 Å². The molecule has 0 spiro atoms. The summed E-state index contributed by atoms with van der Waals surface area (Å²) in [4.78, 5) is 0. The largest absolute Gasteiger partial charge is 0.397 e. The van der Waals surface area contributed by atoms with Crippen LogP contribution in [0.15, 0.2) is 12.1 Å². The van der Waals surface area contributed by atoms with Crippen molar-refractivity contribution in [3.05, 3.63) is 23.3 Å². The quantitative estimate of drug-likeness (QED) is 0.615. The number of nitrogens with two attached hydrogens (primary N) is 2. The Kier molecular flexibility index (Phi) is 1.55. The van der Waals surface area contributed by atoms with Gasteiger partial charge in [-0.1, -0.05) is 6.42 Å². The highest BCUT2D eigenvalue weighted by molar-refractivity contribution is 5.67. The molecule has 2 aliphatic carbocycles. The van der Waals surface area contributed by atoms with Gasteiger partial charge in [-0.3, -0.25) is 0 Å². The van der Waals surface area contributed by atoms with Gasteiger partial charge in [0, 0.05) is 0 Å². The van der Waals surface area contributed by atoms with Crippen molar-refractivity contribution in [2.75, 3.05) is 11.5 Å². The summed E-state index contributed by atoms with van der Waals surface area (Å²) in [6.07, 6.45) is 5.38. The maximum Gasteiger partial charge on any atom is 0.0550 e. The fourth-order valence-electron chi connectivity index (χ4n) is 3.13. The monoisotopic (exact) mass is 188 g/mol. The predicted molar refractivity (Wildman–Crippen MR) is 59.2 cm³/mol. The molecule has 1 saturated carbocycles. The van der Waals surface area contributed by atoms with Gasteiger partial charge < -0.3 is 11.5 Å². The normalized spacial score (nSPS) is 28.9. The second kappa shape index (κ2) is 2.66. The van der Waals surface area contributed by atoms with Crippen molar-refractivity contribution in [1.82, 2.24) is 0 Å². The molecular formula is C12H16N2. The van der Waals surface area contributed by atoms with Crippen LogP contribution >= 0.6 is 0 Å². The lowest BCUT2D eigenvalue weighted by Gasteiger charge is -2.18. The Morgan fingerprint density at radius 1 is 0.929 bits per heavy atom. The van der Waals surface area contributed by atoms with E-state index in [-0.39, 0.29) is 0 Å². The van der Waals surface area contributed by atoms with E-state index in [0.29, 0.717) is 0 Å². The summed E-state index contributed by atoms with van der Waals surface area (Å²) in [7, 11) is 0. The topological polar surface area (TPSA) is 52.0 Å². The van der Waals surface area contributed by atoms with Crippen molar-refractivity contribution >= 4 is 11.4 Å². The molecule has 2 bridgehead atoms. The molecule has 0 aliphatic heterocycles. The number of rotatable bonds is 0. The molecule has 1 aromatic rings. The van der Waals surface area contributed by atoms with E-state index in [4.69, 9.17) is 11.5 Å². The summed E-state index contributed by atoms with van der Waals surface area (Å²) in [5.41, 5.74) is 16.2. The lowest BCUT2D eigenvalue weighted by Crippen LogP contribution is -2.01. The Labute approximate surface area is 84.3 Å². The van der Waals surface area contributed by atoms with Gasteiger partial charge in [-0.15, -0.1) is 0 Å². The van der Waals surface area contributed by atoms with Gasteiger partial charge >= 0.3 is 0 Å². The zero-order chi connectivity index (χ0) is 9.71. The van der Waals surface area contributed by atoms with Crippen LogP contribution in [-0.2, 0) is 0 Å². The summed E-state index contributed by atoms with van der Waals surface area (Å²) in [5, 5.41) is 0. The summed E-state index contributed by atoms with van der Waals surface area (Å²) in [6, 6.07) is 4.22. The summed E-state index contributed by atoms with van der Waals surface area (Å²) >= 11 is 0. The molecule has 1 fully saturated rings. The molecule has 0 aromatic heterocycles. The van der Waals surface area contributed by atoms with Crippen molar-refractivity contribution in [3.8, 4) is 0 Å². The van der Waals surface area contributed by atoms with Crippen molar-refractivity contribution in [3.63, 3.8) is 0 Å². The first kappa shape index (κ1) is 8.16. The third kappa shape index (κ3) is 0.969. The Bertz CT molecular complexity index is 349. The molecule has 1 aromatic carbocycles. The smallest absolute Gasteiger partial charge is 0.0550 e. The molecule has 0 amide bonds. The number of hydrogen-bond donors (Lipinski definition) is 2.